The number of carbonyl (C=O) groups excluding carboxylic acids is 1. The average Bonchev–Trinajstić information content (AvgIpc) is 2.44. The molecule has 0 aromatic heterocycles. The molecule has 0 saturated heterocycles. The van der Waals surface area contributed by atoms with Crippen LogP contribution in [0.2, 0.25) is 0 Å². The molecule has 6 nitrogen and oxygen atoms in total. The number of thiocarbonyl (C=S) groups is 1. The number of amides is 1. The monoisotopic (exact) mass is 329 g/mol. The molecule has 116 valence electrons. The number of rotatable bonds is 7. The van der Waals surface area contributed by atoms with Crippen LogP contribution in [0.3, 0.4) is 0 Å². The van der Waals surface area contributed by atoms with E-state index in [4.69, 9.17) is 18.0 Å². The molecule has 0 fully saturated rings. The molecule has 0 aliphatic rings. The number of benzene rings is 1. The van der Waals surface area contributed by atoms with Gasteiger partial charge in [0.05, 0.1) is 12.3 Å². The zero-order valence-electron chi connectivity index (χ0n) is 12.0. The summed E-state index contributed by atoms with van der Waals surface area (Å²) in [4.78, 5) is 13.3. The zero-order chi connectivity index (χ0) is 16.0. The van der Waals surface area contributed by atoms with E-state index in [1.807, 2.05) is 6.92 Å². The Morgan fingerprint density at radius 3 is 2.38 bits per heavy atom. The molecule has 0 unspecified atom stereocenters. The Kier molecular flexibility index (Phi) is 6.25. The lowest BCUT2D eigenvalue weighted by Gasteiger charge is -2.14. The largest absolute Gasteiger partial charge is 0.389 e. The quantitative estimate of drug-likeness (QED) is 0.698. The number of nitrogens with zero attached hydrogens (tertiary/aromatic N) is 1. The molecule has 1 rings (SSSR count). The molecule has 0 aliphatic heterocycles. The molecule has 0 atom stereocenters. The van der Waals surface area contributed by atoms with Crippen LogP contribution in [0.4, 0.5) is 0 Å². The number of sulfonamides is 1. The van der Waals surface area contributed by atoms with Gasteiger partial charge in [0.1, 0.15) is 4.99 Å². The van der Waals surface area contributed by atoms with Crippen LogP contribution in [-0.2, 0) is 20.6 Å². The highest BCUT2D eigenvalue weighted by Crippen LogP contribution is 2.07. The Balaban J connectivity index is 2.64. The van der Waals surface area contributed by atoms with Crippen LogP contribution in [0.1, 0.15) is 18.1 Å². The highest BCUT2D eigenvalue weighted by Gasteiger charge is 2.15. The van der Waals surface area contributed by atoms with Gasteiger partial charge in [0, 0.05) is 19.2 Å². The van der Waals surface area contributed by atoms with Gasteiger partial charge in [0.15, 0.2) is 0 Å². The molecule has 1 amide bonds. The Labute approximate surface area is 130 Å². The lowest BCUT2D eigenvalue weighted by Crippen LogP contribution is -2.38. The number of nitrogens with one attached hydrogen (secondary N) is 1. The molecular weight excluding hydrogens is 310 g/mol. The van der Waals surface area contributed by atoms with Crippen LogP contribution in [0.15, 0.2) is 24.3 Å². The number of likely N-dealkylation sites (N-methyl/N-ethyl adjacent to an activating group) is 1. The van der Waals surface area contributed by atoms with Crippen molar-refractivity contribution in [1.29, 1.82) is 0 Å². The van der Waals surface area contributed by atoms with E-state index in [2.05, 4.69) is 4.72 Å². The summed E-state index contributed by atoms with van der Waals surface area (Å²) in [6, 6.07) is 6.63. The van der Waals surface area contributed by atoms with Crippen molar-refractivity contribution in [2.75, 3.05) is 20.1 Å². The first-order valence-electron chi connectivity index (χ1n) is 6.35. The summed E-state index contributed by atoms with van der Waals surface area (Å²) in [5, 5.41) is 0. The standard InChI is InChI=1S/C13H19N3O3S2/c1-3-16(2)12(17)8-15-21(18,19)9-10-4-6-11(7-5-10)13(14)20/h4-7,15H,3,8-9H2,1-2H3,(H2,14,20). The van der Waals surface area contributed by atoms with Crippen molar-refractivity contribution in [2.45, 2.75) is 12.7 Å². The minimum Gasteiger partial charge on any atom is -0.389 e. The Hall–Kier alpha value is -1.51. The molecule has 1 aromatic carbocycles. The fraction of sp³-hybridized carbons (Fsp3) is 0.385. The summed E-state index contributed by atoms with van der Waals surface area (Å²) in [7, 11) is -1.95. The van der Waals surface area contributed by atoms with Crippen molar-refractivity contribution >= 4 is 33.1 Å². The first-order chi connectivity index (χ1) is 9.75. The predicted octanol–water partition coefficient (Wildman–Crippen LogP) is 0.219. The van der Waals surface area contributed by atoms with Gasteiger partial charge in [0.2, 0.25) is 15.9 Å². The lowest BCUT2D eigenvalue weighted by molar-refractivity contribution is -0.128. The zero-order valence-corrected chi connectivity index (χ0v) is 13.6. The van der Waals surface area contributed by atoms with Crippen LogP contribution in [-0.4, -0.2) is 44.4 Å². The van der Waals surface area contributed by atoms with E-state index in [9.17, 15) is 13.2 Å². The van der Waals surface area contributed by atoms with Crippen LogP contribution in [0, 0.1) is 0 Å². The molecule has 1 aromatic rings. The van der Waals surface area contributed by atoms with Crippen molar-refractivity contribution in [3.63, 3.8) is 0 Å². The molecule has 0 bridgehead atoms. The van der Waals surface area contributed by atoms with Gasteiger partial charge in [-0.15, -0.1) is 0 Å². The normalized spacial score (nSPS) is 11.1. The summed E-state index contributed by atoms with van der Waals surface area (Å²) in [5.74, 6) is -0.474. The summed E-state index contributed by atoms with van der Waals surface area (Å²) in [6.07, 6.45) is 0. The number of nitrogens with two attached hydrogens (primary N) is 1. The van der Waals surface area contributed by atoms with Gasteiger partial charge in [-0.1, -0.05) is 36.5 Å². The van der Waals surface area contributed by atoms with E-state index < -0.39 is 10.0 Å². The average molecular weight is 329 g/mol. The van der Waals surface area contributed by atoms with Crippen LogP contribution >= 0.6 is 12.2 Å². The minimum atomic E-state index is -3.57. The minimum absolute atomic E-state index is 0.201. The molecular formula is C13H19N3O3S2. The molecule has 8 heteroatoms. The molecule has 0 spiro atoms. The SMILES string of the molecule is CCN(C)C(=O)CNS(=O)(=O)Cc1ccc(C(N)=S)cc1. The van der Waals surface area contributed by atoms with Crippen molar-refractivity contribution in [2.24, 2.45) is 5.73 Å². The second-order valence-electron chi connectivity index (χ2n) is 4.55. The summed E-state index contributed by atoms with van der Waals surface area (Å²) in [6.45, 7) is 2.11. The van der Waals surface area contributed by atoms with Gasteiger partial charge in [0.25, 0.3) is 0 Å². The van der Waals surface area contributed by atoms with Gasteiger partial charge in [-0.25, -0.2) is 13.1 Å². The number of carbonyl (C=O) groups is 1. The maximum Gasteiger partial charge on any atom is 0.237 e. The van der Waals surface area contributed by atoms with E-state index in [0.717, 1.165) is 0 Å². The third-order valence-corrected chi connectivity index (χ3v) is 4.47. The molecule has 0 saturated carbocycles. The summed E-state index contributed by atoms with van der Waals surface area (Å²) in [5.41, 5.74) is 6.75. The maximum absolute atomic E-state index is 11.9. The second-order valence-corrected chi connectivity index (χ2v) is 6.80. The molecule has 0 radical (unpaired) electrons. The van der Waals surface area contributed by atoms with E-state index in [0.29, 0.717) is 17.7 Å². The second kappa shape index (κ2) is 7.48. The van der Waals surface area contributed by atoms with E-state index in [1.165, 1.54) is 4.90 Å². The van der Waals surface area contributed by atoms with E-state index >= 15 is 0 Å². The molecule has 0 heterocycles. The predicted molar refractivity (Wildman–Crippen MR) is 86.3 cm³/mol. The van der Waals surface area contributed by atoms with Crippen molar-refractivity contribution < 1.29 is 13.2 Å². The fourth-order valence-corrected chi connectivity index (χ4v) is 2.73. The number of hydrogen-bond acceptors (Lipinski definition) is 4. The van der Waals surface area contributed by atoms with Gasteiger partial charge < -0.3 is 10.6 Å². The van der Waals surface area contributed by atoms with Crippen molar-refractivity contribution in [1.82, 2.24) is 9.62 Å². The molecule has 3 N–H and O–H groups in total. The van der Waals surface area contributed by atoms with Crippen LogP contribution < -0.4 is 10.5 Å². The molecule has 21 heavy (non-hydrogen) atoms. The molecule has 0 aliphatic carbocycles. The third-order valence-electron chi connectivity index (χ3n) is 2.94. The Morgan fingerprint density at radius 1 is 1.33 bits per heavy atom. The maximum atomic E-state index is 11.9. The van der Waals surface area contributed by atoms with Crippen molar-refractivity contribution in [3.05, 3.63) is 35.4 Å². The van der Waals surface area contributed by atoms with Gasteiger partial charge in [-0.05, 0) is 12.5 Å². The highest BCUT2D eigenvalue weighted by molar-refractivity contribution is 7.88. The van der Waals surface area contributed by atoms with E-state index in [1.54, 1.807) is 31.3 Å². The van der Waals surface area contributed by atoms with Crippen molar-refractivity contribution in [3.8, 4) is 0 Å². The summed E-state index contributed by atoms with van der Waals surface area (Å²) >= 11 is 4.83. The Bertz CT molecular complexity index is 612. The first-order valence-corrected chi connectivity index (χ1v) is 8.41. The highest BCUT2D eigenvalue weighted by atomic mass is 32.2. The van der Waals surface area contributed by atoms with Gasteiger partial charge >= 0.3 is 0 Å². The Morgan fingerprint density at radius 2 is 1.90 bits per heavy atom. The topological polar surface area (TPSA) is 92.5 Å². The fourth-order valence-electron chi connectivity index (χ4n) is 1.52. The van der Waals surface area contributed by atoms with Crippen LogP contribution in [0.5, 0.6) is 0 Å². The first kappa shape index (κ1) is 17.5. The van der Waals surface area contributed by atoms with Gasteiger partial charge in [-0.3, -0.25) is 4.79 Å². The van der Waals surface area contributed by atoms with Crippen LogP contribution in [0.25, 0.3) is 0 Å². The third kappa shape index (κ3) is 5.78. The smallest absolute Gasteiger partial charge is 0.237 e. The number of hydrogen-bond donors (Lipinski definition) is 2. The van der Waals surface area contributed by atoms with Gasteiger partial charge in [-0.2, -0.15) is 0 Å². The lowest BCUT2D eigenvalue weighted by atomic mass is 10.1. The summed E-state index contributed by atoms with van der Waals surface area (Å²) < 4.78 is 26.1. The van der Waals surface area contributed by atoms with E-state index in [-0.39, 0.29) is 23.2 Å².